The molecule has 1 aromatic heterocycles. The van der Waals surface area contributed by atoms with Gasteiger partial charge in [-0.3, -0.25) is 0 Å². The zero-order valence-electron chi connectivity index (χ0n) is 13.0. The summed E-state index contributed by atoms with van der Waals surface area (Å²) in [6.45, 7) is 4.43. The molecular weight excluding hydrogens is 250 g/mol. The lowest BCUT2D eigenvalue weighted by molar-refractivity contribution is 0.0847. The molecule has 0 spiro atoms. The minimum absolute atomic E-state index is 0.323. The molecule has 1 fully saturated rings. The molecule has 0 radical (unpaired) electrons. The lowest BCUT2D eigenvalue weighted by Gasteiger charge is -2.31. The summed E-state index contributed by atoms with van der Waals surface area (Å²) in [5.41, 5.74) is 1.12. The minimum Gasteiger partial charge on any atom is -0.474 e. The first-order chi connectivity index (χ1) is 9.80. The number of ether oxygens (including phenoxy) is 1. The van der Waals surface area contributed by atoms with Gasteiger partial charge in [0.15, 0.2) is 0 Å². The number of aromatic nitrogens is 2. The highest BCUT2D eigenvalue weighted by atomic mass is 16.5. The molecule has 1 saturated carbocycles. The second-order valence-electron chi connectivity index (χ2n) is 5.62. The van der Waals surface area contributed by atoms with Crippen molar-refractivity contribution >= 4 is 5.82 Å². The van der Waals surface area contributed by atoms with Gasteiger partial charge < -0.3 is 10.1 Å². The smallest absolute Gasteiger partial charge is 0.222 e. The van der Waals surface area contributed by atoms with Gasteiger partial charge >= 0.3 is 0 Å². The third-order valence-corrected chi connectivity index (χ3v) is 4.27. The largest absolute Gasteiger partial charge is 0.474 e. The van der Waals surface area contributed by atoms with Crippen LogP contribution in [0.4, 0.5) is 5.82 Å². The summed E-state index contributed by atoms with van der Waals surface area (Å²) in [4.78, 5) is 8.70. The number of rotatable bonds is 6. The van der Waals surface area contributed by atoms with Crippen molar-refractivity contribution in [1.29, 1.82) is 0 Å². The molecule has 112 valence electrons. The van der Waals surface area contributed by atoms with Gasteiger partial charge in [0.25, 0.3) is 0 Å². The molecule has 0 saturated heterocycles. The average molecular weight is 277 g/mol. The molecule has 1 heterocycles. The first-order valence-electron chi connectivity index (χ1n) is 7.98. The quantitative estimate of drug-likeness (QED) is 0.858. The van der Waals surface area contributed by atoms with Crippen LogP contribution in [0.15, 0.2) is 6.33 Å². The number of nitrogens with zero attached hydrogens (tertiary/aromatic N) is 2. The predicted octanol–water partition coefficient (Wildman–Crippen LogP) is 3.82. The van der Waals surface area contributed by atoms with Crippen molar-refractivity contribution in [3.63, 3.8) is 0 Å². The fraction of sp³-hybridized carbons (Fsp3) is 0.750. The van der Waals surface area contributed by atoms with Crippen molar-refractivity contribution in [2.75, 3.05) is 12.4 Å². The van der Waals surface area contributed by atoms with E-state index < -0.39 is 0 Å². The van der Waals surface area contributed by atoms with Gasteiger partial charge in [-0.1, -0.05) is 26.7 Å². The maximum absolute atomic E-state index is 6.29. The Balaban J connectivity index is 2.18. The summed E-state index contributed by atoms with van der Waals surface area (Å²) in [6.07, 6.45) is 10.2. The molecule has 2 unspecified atom stereocenters. The van der Waals surface area contributed by atoms with Crippen LogP contribution in [-0.4, -0.2) is 23.1 Å². The Morgan fingerprint density at radius 1 is 1.25 bits per heavy atom. The third kappa shape index (κ3) is 3.41. The van der Waals surface area contributed by atoms with Gasteiger partial charge in [0.05, 0.1) is 5.56 Å². The Morgan fingerprint density at radius 2 is 2.05 bits per heavy atom. The standard InChI is InChI=1S/C16H27N3O/c1-4-8-13-15(17-3)18-11-19-16(13)20-14-10-7-6-9-12(14)5-2/h11-12,14H,4-10H2,1-3H3,(H,17,18,19). The molecular formula is C16H27N3O. The molecule has 0 aliphatic heterocycles. The van der Waals surface area contributed by atoms with Crippen LogP contribution in [0.25, 0.3) is 0 Å². The average Bonchev–Trinajstić information content (AvgIpc) is 2.49. The van der Waals surface area contributed by atoms with Gasteiger partial charge in [-0.05, 0) is 38.0 Å². The molecule has 0 bridgehead atoms. The van der Waals surface area contributed by atoms with Crippen molar-refractivity contribution in [3.05, 3.63) is 11.9 Å². The van der Waals surface area contributed by atoms with E-state index in [1.807, 2.05) is 7.05 Å². The maximum atomic E-state index is 6.29. The van der Waals surface area contributed by atoms with Crippen LogP contribution in [0.1, 0.15) is 57.9 Å². The number of anilines is 1. The lowest BCUT2D eigenvalue weighted by Crippen LogP contribution is -2.30. The summed E-state index contributed by atoms with van der Waals surface area (Å²) in [6, 6.07) is 0. The van der Waals surface area contributed by atoms with E-state index >= 15 is 0 Å². The molecule has 2 rings (SSSR count). The summed E-state index contributed by atoms with van der Waals surface area (Å²) in [7, 11) is 1.90. The summed E-state index contributed by atoms with van der Waals surface area (Å²) < 4.78 is 6.29. The maximum Gasteiger partial charge on any atom is 0.222 e. The highest BCUT2D eigenvalue weighted by molar-refractivity contribution is 5.48. The number of hydrogen-bond donors (Lipinski definition) is 1. The van der Waals surface area contributed by atoms with E-state index in [2.05, 4.69) is 29.1 Å². The van der Waals surface area contributed by atoms with Crippen LogP contribution in [0, 0.1) is 5.92 Å². The fourth-order valence-electron chi connectivity index (χ4n) is 3.13. The molecule has 20 heavy (non-hydrogen) atoms. The van der Waals surface area contributed by atoms with Gasteiger partial charge in [0, 0.05) is 7.05 Å². The van der Waals surface area contributed by atoms with Crippen LogP contribution >= 0.6 is 0 Å². The van der Waals surface area contributed by atoms with Gasteiger partial charge in [-0.2, -0.15) is 0 Å². The van der Waals surface area contributed by atoms with Gasteiger partial charge in [0.1, 0.15) is 18.2 Å². The molecule has 0 amide bonds. The van der Waals surface area contributed by atoms with Crippen molar-refractivity contribution in [1.82, 2.24) is 9.97 Å². The monoisotopic (exact) mass is 277 g/mol. The van der Waals surface area contributed by atoms with E-state index in [4.69, 9.17) is 4.74 Å². The fourth-order valence-corrected chi connectivity index (χ4v) is 3.13. The normalized spacial score (nSPS) is 22.6. The van der Waals surface area contributed by atoms with E-state index in [0.717, 1.165) is 36.5 Å². The third-order valence-electron chi connectivity index (χ3n) is 4.27. The zero-order valence-corrected chi connectivity index (χ0v) is 13.0. The molecule has 0 aromatic carbocycles. The van der Waals surface area contributed by atoms with Crippen molar-refractivity contribution in [3.8, 4) is 5.88 Å². The van der Waals surface area contributed by atoms with E-state index in [1.54, 1.807) is 6.33 Å². The molecule has 1 N–H and O–H groups in total. The highest BCUT2D eigenvalue weighted by Crippen LogP contribution is 2.32. The van der Waals surface area contributed by atoms with Crippen LogP contribution in [0.5, 0.6) is 5.88 Å². The minimum atomic E-state index is 0.323. The van der Waals surface area contributed by atoms with Crippen LogP contribution < -0.4 is 10.1 Å². The Bertz CT molecular complexity index is 422. The van der Waals surface area contributed by atoms with Crippen LogP contribution in [0.2, 0.25) is 0 Å². The first kappa shape index (κ1) is 15.1. The number of nitrogens with one attached hydrogen (secondary N) is 1. The van der Waals surface area contributed by atoms with E-state index in [0.29, 0.717) is 12.0 Å². The molecule has 4 nitrogen and oxygen atoms in total. The summed E-state index contributed by atoms with van der Waals surface area (Å²) >= 11 is 0. The molecule has 1 aromatic rings. The first-order valence-corrected chi connectivity index (χ1v) is 7.98. The van der Waals surface area contributed by atoms with E-state index in [-0.39, 0.29) is 0 Å². The molecule has 1 aliphatic rings. The lowest BCUT2D eigenvalue weighted by atomic mass is 9.85. The second kappa shape index (κ2) is 7.46. The Kier molecular flexibility index (Phi) is 5.62. The Labute approximate surface area is 122 Å². The van der Waals surface area contributed by atoms with Crippen molar-refractivity contribution in [2.45, 2.75) is 64.9 Å². The van der Waals surface area contributed by atoms with E-state index in [9.17, 15) is 0 Å². The topological polar surface area (TPSA) is 47.0 Å². The Hall–Kier alpha value is -1.32. The SMILES string of the molecule is CCCc1c(NC)ncnc1OC1CCCCC1CC. The number of hydrogen-bond acceptors (Lipinski definition) is 4. The zero-order chi connectivity index (χ0) is 14.4. The van der Waals surface area contributed by atoms with Gasteiger partial charge in [-0.25, -0.2) is 9.97 Å². The van der Waals surface area contributed by atoms with Crippen LogP contribution in [-0.2, 0) is 6.42 Å². The second-order valence-corrected chi connectivity index (χ2v) is 5.62. The van der Waals surface area contributed by atoms with E-state index in [1.165, 1.54) is 25.7 Å². The van der Waals surface area contributed by atoms with Crippen LogP contribution in [0.3, 0.4) is 0 Å². The van der Waals surface area contributed by atoms with Crippen molar-refractivity contribution < 1.29 is 4.74 Å². The molecule has 1 aliphatic carbocycles. The van der Waals surface area contributed by atoms with Gasteiger partial charge in [0.2, 0.25) is 5.88 Å². The molecule has 2 atom stereocenters. The summed E-state index contributed by atoms with van der Waals surface area (Å²) in [5, 5.41) is 3.15. The summed E-state index contributed by atoms with van der Waals surface area (Å²) in [5.74, 6) is 2.36. The predicted molar refractivity (Wildman–Crippen MR) is 82.2 cm³/mol. The highest BCUT2D eigenvalue weighted by Gasteiger charge is 2.26. The van der Waals surface area contributed by atoms with Gasteiger partial charge in [-0.15, -0.1) is 0 Å². The molecule has 4 heteroatoms. The van der Waals surface area contributed by atoms with Crippen molar-refractivity contribution in [2.24, 2.45) is 5.92 Å². The Morgan fingerprint density at radius 3 is 2.75 bits per heavy atom.